The molecular weight excluding hydrogens is 207 g/mol. The molecule has 0 fully saturated rings. The summed E-state index contributed by atoms with van der Waals surface area (Å²) in [6.45, 7) is 3.35. The minimum absolute atomic E-state index is 0.132. The molecule has 0 saturated heterocycles. The minimum atomic E-state index is -3.89. The fraction of sp³-hybridized carbons (Fsp3) is 0.625. The Hall–Kier alpha value is -0.640. The Balaban J connectivity index is 3.44. The van der Waals surface area contributed by atoms with Crippen molar-refractivity contribution in [1.29, 1.82) is 0 Å². The van der Waals surface area contributed by atoms with Gasteiger partial charge in [0.15, 0.2) is 0 Å². The highest BCUT2D eigenvalue weighted by Gasteiger charge is 2.11. The van der Waals surface area contributed by atoms with Crippen molar-refractivity contribution in [1.82, 2.24) is 0 Å². The van der Waals surface area contributed by atoms with Gasteiger partial charge >= 0.3 is 13.6 Å². The average Bonchev–Trinajstić information content (AvgIpc) is 2.01. The maximum absolute atomic E-state index is 10.4. The molecule has 0 aliphatic rings. The first-order valence-corrected chi connectivity index (χ1v) is 6.08. The van der Waals surface area contributed by atoms with Gasteiger partial charge in [-0.2, -0.15) is 0 Å². The molecule has 0 amide bonds. The first kappa shape index (κ1) is 13.4. The van der Waals surface area contributed by atoms with Gasteiger partial charge < -0.3 is 14.9 Å². The number of unbranched alkanes of at least 4 members (excludes halogenated alkanes) is 2. The van der Waals surface area contributed by atoms with Gasteiger partial charge in [0, 0.05) is 11.7 Å². The fourth-order valence-corrected chi connectivity index (χ4v) is 1.58. The van der Waals surface area contributed by atoms with Crippen LogP contribution < -0.4 is 0 Å². The summed E-state index contributed by atoms with van der Waals surface area (Å²) < 4.78 is 10.4. The van der Waals surface area contributed by atoms with Crippen LogP contribution in [0, 0.1) is 0 Å². The molecule has 0 aliphatic carbocycles. The molecule has 0 aromatic carbocycles. The summed E-state index contributed by atoms with van der Waals surface area (Å²) in [5.74, 6) is -1.01. The predicted octanol–water partition coefficient (Wildman–Crippen LogP) is 1.37. The number of hydrogen-bond donors (Lipinski definition) is 3. The summed E-state index contributed by atoms with van der Waals surface area (Å²) in [5.41, 5.74) is 0.140. The van der Waals surface area contributed by atoms with Gasteiger partial charge in [0.05, 0.1) is 0 Å². The molecule has 0 rings (SSSR count). The smallest absolute Gasteiger partial charge is 0.330 e. The van der Waals surface area contributed by atoms with E-state index in [1.807, 2.05) is 0 Å². The molecule has 0 unspecified atom stereocenters. The van der Waals surface area contributed by atoms with E-state index in [-0.39, 0.29) is 11.7 Å². The van der Waals surface area contributed by atoms with E-state index >= 15 is 0 Å². The lowest BCUT2D eigenvalue weighted by Crippen LogP contribution is -1.98. The zero-order chi connectivity index (χ0) is 11.2. The molecule has 0 saturated carbocycles. The number of carboxylic acid groups (broad SMARTS) is 1. The van der Waals surface area contributed by atoms with Crippen molar-refractivity contribution in [3.05, 3.63) is 12.2 Å². The third-order valence-electron chi connectivity index (χ3n) is 1.73. The molecule has 0 aromatic heterocycles. The summed E-state index contributed by atoms with van der Waals surface area (Å²) in [6, 6.07) is 0. The summed E-state index contributed by atoms with van der Waals surface area (Å²) in [7, 11) is -3.89. The maximum Gasteiger partial charge on any atom is 0.330 e. The number of hydrogen-bond acceptors (Lipinski definition) is 2. The molecule has 0 bridgehead atoms. The van der Waals surface area contributed by atoms with Gasteiger partial charge in [0.25, 0.3) is 0 Å². The van der Waals surface area contributed by atoms with Crippen molar-refractivity contribution < 1.29 is 24.3 Å². The number of carboxylic acids is 1. The van der Waals surface area contributed by atoms with E-state index in [0.29, 0.717) is 25.7 Å². The third kappa shape index (κ3) is 7.98. The van der Waals surface area contributed by atoms with E-state index in [1.165, 1.54) is 0 Å². The Morgan fingerprint density at radius 2 is 1.79 bits per heavy atom. The van der Waals surface area contributed by atoms with Crippen molar-refractivity contribution in [2.24, 2.45) is 0 Å². The van der Waals surface area contributed by atoms with Crippen LogP contribution in [-0.2, 0) is 9.36 Å². The monoisotopic (exact) mass is 222 g/mol. The number of aliphatic carboxylic acids is 1. The lowest BCUT2D eigenvalue weighted by molar-refractivity contribution is -0.132. The summed E-state index contributed by atoms with van der Waals surface area (Å²) in [5, 5.41) is 8.44. The van der Waals surface area contributed by atoms with Crippen LogP contribution in [0.5, 0.6) is 0 Å². The van der Waals surface area contributed by atoms with Gasteiger partial charge in [0.1, 0.15) is 0 Å². The zero-order valence-electron chi connectivity index (χ0n) is 7.85. The molecular formula is C8H15O5P. The highest BCUT2D eigenvalue weighted by molar-refractivity contribution is 7.51. The van der Waals surface area contributed by atoms with E-state index in [9.17, 15) is 9.36 Å². The molecule has 0 heterocycles. The van der Waals surface area contributed by atoms with Crippen molar-refractivity contribution in [2.75, 3.05) is 6.16 Å². The van der Waals surface area contributed by atoms with Crippen LogP contribution in [-0.4, -0.2) is 27.0 Å². The molecule has 14 heavy (non-hydrogen) atoms. The standard InChI is InChI=1S/C8H15O5P/c1-7(8(9)10)5-3-2-4-6-14(11,12)13/h1-6H2,(H,9,10)(H2,11,12,13). The summed E-state index contributed by atoms with van der Waals surface area (Å²) in [4.78, 5) is 27.3. The average molecular weight is 222 g/mol. The molecule has 0 spiro atoms. The molecule has 5 nitrogen and oxygen atoms in total. The Morgan fingerprint density at radius 3 is 2.21 bits per heavy atom. The SMILES string of the molecule is C=C(CCCCCP(=O)(O)O)C(=O)O. The van der Waals surface area contributed by atoms with Gasteiger partial charge in [0.2, 0.25) is 0 Å². The summed E-state index contributed by atoms with van der Waals surface area (Å²) >= 11 is 0. The molecule has 0 aromatic rings. The zero-order valence-corrected chi connectivity index (χ0v) is 8.74. The van der Waals surface area contributed by atoms with Crippen LogP contribution in [0.2, 0.25) is 0 Å². The van der Waals surface area contributed by atoms with Crippen LogP contribution in [0.3, 0.4) is 0 Å². The van der Waals surface area contributed by atoms with Crippen molar-refractivity contribution in [3.8, 4) is 0 Å². The Labute approximate surface area is 82.6 Å². The number of carbonyl (C=O) groups is 1. The van der Waals surface area contributed by atoms with Crippen LogP contribution in [0.15, 0.2) is 12.2 Å². The van der Waals surface area contributed by atoms with E-state index in [2.05, 4.69) is 6.58 Å². The van der Waals surface area contributed by atoms with Gasteiger partial charge in [-0.15, -0.1) is 0 Å². The third-order valence-corrected chi connectivity index (χ3v) is 2.63. The second kappa shape index (κ2) is 5.96. The number of rotatable bonds is 7. The Kier molecular flexibility index (Phi) is 5.69. The van der Waals surface area contributed by atoms with Crippen LogP contribution in [0.1, 0.15) is 25.7 Å². The van der Waals surface area contributed by atoms with Gasteiger partial charge in [-0.05, 0) is 19.3 Å². The lowest BCUT2D eigenvalue weighted by Gasteiger charge is -2.03. The Bertz CT molecular complexity index is 254. The van der Waals surface area contributed by atoms with E-state index in [0.717, 1.165) is 0 Å². The second-order valence-electron chi connectivity index (χ2n) is 3.11. The summed E-state index contributed by atoms with van der Waals surface area (Å²) in [6.07, 6.45) is 1.86. The normalized spacial score (nSPS) is 11.3. The second-order valence-corrected chi connectivity index (χ2v) is 4.88. The fourth-order valence-electron chi connectivity index (χ4n) is 0.940. The lowest BCUT2D eigenvalue weighted by atomic mass is 10.1. The van der Waals surface area contributed by atoms with Crippen molar-refractivity contribution in [3.63, 3.8) is 0 Å². The Morgan fingerprint density at radius 1 is 1.21 bits per heavy atom. The molecule has 3 N–H and O–H groups in total. The largest absolute Gasteiger partial charge is 0.478 e. The van der Waals surface area contributed by atoms with E-state index in [4.69, 9.17) is 14.9 Å². The molecule has 6 heteroatoms. The molecule has 0 atom stereocenters. The van der Waals surface area contributed by atoms with Gasteiger partial charge in [-0.3, -0.25) is 4.57 Å². The first-order chi connectivity index (χ1) is 6.33. The molecule has 82 valence electrons. The van der Waals surface area contributed by atoms with Crippen LogP contribution in [0.25, 0.3) is 0 Å². The van der Waals surface area contributed by atoms with Crippen molar-refractivity contribution >= 4 is 13.6 Å². The first-order valence-electron chi connectivity index (χ1n) is 4.28. The van der Waals surface area contributed by atoms with Crippen molar-refractivity contribution in [2.45, 2.75) is 25.7 Å². The highest BCUT2D eigenvalue weighted by atomic mass is 31.2. The van der Waals surface area contributed by atoms with E-state index in [1.54, 1.807) is 0 Å². The van der Waals surface area contributed by atoms with E-state index < -0.39 is 13.6 Å². The predicted molar refractivity (Wildman–Crippen MR) is 52.2 cm³/mol. The van der Waals surface area contributed by atoms with Crippen LogP contribution in [0.4, 0.5) is 0 Å². The van der Waals surface area contributed by atoms with Crippen LogP contribution >= 0.6 is 7.60 Å². The topological polar surface area (TPSA) is 94.8 Å². The molecule has 0 radical (unpaired) electrons. The minimum Gasteiger partial charge on any atom is -0.478 e. The quantitative estimate of drug-likeness (QED) is 0.343. The van der Waals surface area contributed by atoms with Gasteiger partial charge in [-0.1, -0.05) is 13.0 Å². The molecule has 0 aliphatic heterocycles. The maximum atomic E-state index is 10.4. The van der Waals surface area contributed by atoms with Gasteiger partial charge in [-0.25, -0.2) is 4.79 Å². The highest BCUT2D eigenvalue weighted by Crippen LogP contribution is 2.35.